The zero-order valence-corrected chi connectivity index (χ0v) is 23.2. The number of benzene rings is 1. The zero-order valence-electron chi connectivity index (χ0n) is 22.3. The topological polar surface area (TPSA) is 156 Å². The van der Waals surface area contributed by atoms with Gasteiger partial charge in [-0.2, -0.15) is 15.1 Å². The monoisotopic (exact) mass is 567 g/mol. The number of esters is 1. The molecule has 0 spiro atoms. The molecule has 2 fully saturated rings. The number of aromatic nitrogens is 4. The molecule has 0 aliphatic heterocycles. The van der Waals surface area contributed by atoms with Crippen LogP contribution in [0.5, 0.6) is 5.75 Å². The lowest BCUT2D eigenvalue weighted by molar-refractivity contribution is -0.145. The summed E-state index contributed by atoms with van der Waals surface area (Å²) in [4.78, 5) is 25.8. The molecule has 0 bridgehead atoms. The normalized spacial score (nSPS) is 22.6. The fourth-order valence-corrected chi connectivity index (χ4v) is 6.13. The summed E-state index contributed by atoms with van der Waals surface area (Å²) in [5.74, 6) is 1.09. The lowest BCUT2D eigenvalue weighted by Crippen LogP contribution is -2.35. The molecule has 0 radical (unpaired) electrons. The van der Waals surface area contributed by atoms with Crippen molar-refractivity contribution in [2.24, 2.45) is 11.8 Å². The first kappa shape index (κ1) is 26.7. The van der Waals surface area contributed by atoms with Gasteiger partial charge in [0.2, 0.25) is 5.95 Å². The molecule has 13 heteroatoms. The molecule has 212 valence electrons. The van der Waals surface area contributed by atoms with Gasteiger partial charge in [0.05, 0.1) is 25.6 Å². The smallest absolute Gasteiger partial charge is 0.459 e. The molecule has 2 heterocycles. The lowest BCUT2D eigenvalue weighted by Gasteiger charge is -2.24. The van der Waals surface area contributed by atoms with Crippen molar-refractivity contribution in [3.63, 3.8) is 0 Å². The van der Waals surface area contributed by atoms with E-state index >= 15 is 0 Å². The Bertz CT molecular complexity index is 1440. The van der Waals surface area contributed by atoms with E-state index in [1.54, 1.807) is 37.5 Å². The van der Waals surface area contributed by atoms with Crippen LogP contribution in [0.4, 0.5) is 11.8 Å². The Hall–Kier alpha value is -3.47. The number of imidazole rings is 1. The van der Waals surface area contributed by atoms with Crippen LogP contribution in [0, 0.1) is 11.8 Å². The molecule has 4 N–H and O–H groups in total. The van der Waals surface area contributed by atoms with Gasteiger partial charge in [-0.1, -0.05) is 30.4 Å². The van der Waals surface area contributed by atoms with Crippen LogP contribution in [-0.4, -0.2) is 50.8 Å². The average Bonchev–Trinajstić information content (AvgIpc) is 3.85. The number of rotatable bonds is 13. The van der Waals surface area contributed by atoms with Crippen molar-refractivity contribution in [3.8, 4) is 5.75 Å². The minimum absolute atomic E-state index is 0.0413. The molecule has 4 atom stereocenters. The van der Waals surface area contributed by atoms with Crippen molar-refractivity contribution in [1.29, 1.82) is 0 Å². The highest BCUT2D eigenvalue weighted by atomic mass is 31.2. The number of nitrogen functional groups attached to an aromatic ring is 1. The molecule has 2 saturated carbocycles. The van der Waals surface area contributed by atoms with Gasteiger partial charge in [-0.3, -0.25) is 9.32 Å². The molecular weight excluding hydrogens is 533 g/mol. The molecule has 12 nitrogen and oxygen atoms in total. The summed E-state index contributed by atoms with van der Waals surface area (Å²) < 4.78 is 32.8. The second-order valence-corrected chi connectivity index (χ2v) is 12.4. The van der Waals surface area contributed by atoms with Crippen LogP contribution in [-0.2, 0) is 18.6 Å². The number of carbonyl (C=O) groups is 1. The standard InChI is InChI=1S/C27H34N7O5P/c1-17(26(35)37-14-18-7-8-18)33-40(36,39-22-5-3-2-4-6-22)38-15-19-9-12-21(13-19)34-16-29-23-24(30-20-10-11-20)31-27(28)32-25(23)34/h2-6,9,12,16-21H,7-8,10-11,13-15H2,1H3,(H,33,36)(H3,28,30,31,32)/t17-,19+,21?,40?/m0/s1. The number of fused-ring (bicyclic) bond motifs is 1. The maximum atomic E-state index is 13.8. The first-order chi connectivity index (χ1) is 19.3. The lowest BCUT2D eigenvalue weighted by atomic mass is 10.1. The number of ether oxygens (including phenoxy) is 1. The van der Waals surface area contributed by atoms with E-state index in [9.17, 15) is 9.36 Å². The molecule has 3 aliphatic rings. The minimum Gasteiger partial charge on any atom is -0.464 e. The SMILES string of the molecule is C[C@H](NP(=O)(OC[C@@H]1C=CC(n2cnc3c(NC4CC4)nc(N)nc32)C1)Oc1ccccc1)C(=O)OCC1CC1. The van der Waals surface area contributed by atoms with E-state index in [0.29, 0.717) is 47.7 Å². The minimum atomic E-state index is -3.92. The van der Waals surface area contributed by atoms with E-state index < -0.39 is 19.8 Å². The van der Waals surface area contributed by atoms with Gasteiger partial charge in [0.1, 0.15) is 11.8 Å². The van der Waals surface area contributed by atoms with Gasteiger partial charge in [0.25, 0.3) is 0 Å². The second kappa shape index (κ2) is 11.2. The first-order valence-electron chi connectivity index (χ1n) is 13.7. The number of hydrogen-bond donors (Lipinski definition) is 3. The highest BCUT2D eigenvalue weighted by Crippen LogP contribution is 2.46. The van der Waals surface area contributed by atoms with Crippen molar-refractivity contribution in [1.82, 2.24) is 24.6 Å². The molecule has 1 aromatic carbocycles. The molecule has 6 rings (SSSR count). The maximum absolute atomic E-state index is 13.8. The number of nitrogens with zero attached hydrogens (tertiary/aromatic N) is 4. The second-order valence-electron chi connectivity index (χ2n) is 10.7. The molecule has 0 saturated heterocycles. The summed E-state index contributed by atoms with van der Waals surface area (Å²) in [7, 11) is -3.92. The van der Waals surface area contributed by atoms with Crippen LogP contribution in [0.2, 0.25) is 0 Å². The third-order valence-electron chi connectivity index (χ3n) is 7.15. The molecule has 2 unspecified atom stereocenters. The molecule has 3 aliphatic carbocycles. The van der Waals surface area contributed by atoms with Crippen LogP contribution in [0.15, 0.2) is 48.8 Å². The van der Waals surface area contributed by atoms with Crippen molar-refractivity contribution in [2.75, 3.05) is 24.3 Å². The number of nitrogens with two attached hydrogens (primary N) is 1. The molecule has 3 aromatic rings. The Morgan fingerprint density at radius 3 is 2.70 bits per heavy atom. The fraction of sp³-hybridized carbons (Fsp3) is 0.481. The Morgan fingerprint density at radius 2 is 1.95 bits per heavy atom. The Balaban J connectivity index is 1.11. The van der Waals surface area contributed by atoms with E-state index in [1.807, 2.05) is 16.7 Å². The van der Waals surface area contributed by atoms with Crippen LogP contribution in [0.25, 0.3) is 11.2 Å². The average molecular weight is 568 g/mol. The van der Waals surface area contributed by atoms with Gasteiger partial charge < -0.3 is 24.9 Å². The summed E-state index contributed by atoms with van der Waals surface area (Å²) in [5.41, 5.74) is 7.34. The Kier molecular flexibility index (Phi) is 7.48. The Labute approximate surface area is 232 Å². The van der Waals surface area contributed by atoms with E-state index in [2.05, 4.69) is 31.4 Å². The quantitative estimate of drug-likeness (QED) is 0.154. The van der Waals surface area contributed by atoms with Gasteiger partial charge in [0.15, 0.2) is 17.0 Å². The van der Waals surface area contributed by atoms with Gasteiger partial charge in [-0.05, 0) is 57.1 Å². The predicted molar refractivity (Wildman–Crippen MR) is 150 cm³/mol. The first-order valence-corrected chi connectivity index (χ1v) is 15.3. The van der Waals surface area contributed by atoms with E-state index in [0.717, 1.165) is 25.7 Å². The van der Waals surface area contributed by atoms with Gasteiger partial charge in [-0.15, -0.1) is 0 Å². The van der Waals surface area contributed by atoms with E-state index in [4.69, 9.17) is 19.5 Å². The van der Waals surface area contributed by atoms with E-state index in [1.165, 1.54) is 0 Å². The van der Waals surface area contributed by atoms with Gasteiger partial charge >= 0.3 is 13.7 Å². The largest absolute Gasteiger partial charge is 0.464 e. The van der Waals surface area contributed by atoms with Crippen LogP contribution in [0.3, 0.4) is 0 Å². The number of allylic oxidation sites excluding steroid dienone is 1. The van der Waals surface area contributed by atoms with Crippen LogP contribution in [0.1, 0.15) is 45.1 Å². The number of anilines is 2. The molecular formula is C27H34N7O5P. The van der Waals surface area contributed by atoms with Crippen molar-refractivity contribution in [3.05, 3.63) is 48.8 Å². The number of nitrogens with one attached hydrogen (secondary N) is 2. The molecule has 40 heavy (non-hydrogen) atoms. The number of para-hydroxylation sites is 1. The summed E-state index contributed by atoms with van der Waals surface area (Å²) >= 11 is 0. The maximum Gasteiger partial charge on any atom is 0.459 e. The highest BCUT2D eigenvalue weighted by molar-refractivity contribution is 7.52. The Morgan fingerprint density at radius 1 is 1.15 bits per heavy atom. The zero-order chi connectivity index (χ0) is 27.7. The van der Waals surface area contributed by atoms with Crippen molar-refractivity contribution in [2.45, 2.75) is 57.2 Å². The van der Waals surface area contributed by atoms with Gasteiger partial charge in [-0.25, -0.2) is 9.55 Å². The fourth-order valence-electron chi connectivity index (χ4n) is 4.58. The molecule has 2 aromatic heterocycles. The summed E-state index contributed by atoms with van der Waals surface area (Å²) in [5, 5.41) is 6.14. The predicted octanol–water partition coefficient (Wildman–Crippen LogP) is 4.24. The van der Waals surface area contributed by atoms with Crippen LogP contribution >= 0.6 is 7.75 Å². The third-order valence-corrected chi connectivity index (χ3v) is 8.80. The van der Waals surface area contributed by atoms with Crippen LogP contribution < -0.4 is 20.7 Å². The number of hydrogen-bond acceptors (Lipinski definition) is 10. The van der Waals surface area contributed by atoms with Gasteiger partial charge in [0, 0.05) is 12.0 Å². The number of carbonyl (C=O) groups excluding carboxylic acids is 1. The molecule has 0 amide bonds. The third kappa shape index (κ3) is 6.46. The summed E-state index contributed by atoms with van der Waals surface area (Å²) in [6, 6.07) is 8.23. The summed E-state index contributed by atoms with van der Waals surface area (Å²) in [6.45, 7) is 2.09. The van der Waals surface area contributed by atoms with Crippen molar-refractivity contribution >= 4 is 36.6 Å². The van der Waals surface area contributed by atoms with Crippen molar-refractivity contribution < 1.29 is 23.1 Å². The summed E-state index contributed by atoms with van der Waals surface area (Å²) in [6.07, 6.45) is 10.8. The van der Waals surface area contributed by atoms with E-state index in [-0.39, 0.29) is 24.5 Å². The highest BCUT2D eigenvalue weighted by Gasteiger charge is 2.35.